The molecule has 0 aliphatic carbocycles. The Morgan fingerprint density at radius 2 is 0.750 bits per heavy atom. The van der Waals surface area contributed by atoms with Gasteiger partial charge in [0.2, 0.25) is 5.91 Å². The number of rotatable bonds is 29. The summed E-state index contributed by atoms with van der Waals surface area (Å²) < 4.78 is 48.8. The van der Waals surface area contributed by atoms with Crippen molar-refractivity contribution in [1.82, 2.24) is 5.32 Å². The van der Waals surface area contributed by atoms with Gasteiger partial charge in [-0.3, -0.25) is 4.79 Å². The summed E-state index contributed by atoms with van der Waals surface area (Å²) in [6.07, 6.45) is 0.233. The van der Waals surface area contributed by atoms with Gasteiger partial charge in [-0.05, 0) is 13.8 Å². The van der Waals surface area contributed by atoms with E-state index in [1.807, 2.05) is 27.7 Å². The van der Waals surface area contributed by atoms with E-state index in [0.717, 1.165) is 0 Å². The van der Waals surface area contributed by atoms with Gasteiger partial charge in [-0.1, -0.05) is 13.8 Å². The monoisotopic (exact) mass is 525 g/mol. The van der Waals surface area contributed by atoms with E-state index in [1.54, 1.807) is 0 Å². The zero-order valence-corrected chi connectivity index (χ0v) is 23.0. The molecule has 216 valence electrons. The lowest BCUT2D eigenvalue weighted by atomic mass is 10.2. The smallest absolute Gasteiger partial charge is 0.222 e. The van der Waals surface area contributed by atoms with Crippen LogP contribution in [-0.4, -0.2) is 131 Å². The lowest BCUT2D eigenvalue weighted by molar-refractivity contribution is -0.124. The second kappa shape index (κ2) is 28.7. The Labute approximate surface area is 217 Å². The summed E-state index contributed by atoms with van der Waals surface area (Å²) in [5, 5.41) is 2.79. The van der Waals surface area contributed by atoms with Gasteiger partial charge in [0.25, 0.3) is 0 Å². The van der Waals surface area contributed by atoms with E-state index in [-0.39, 0.29) is 17.9 Å². The summed E-state index contributed by atoms with van der Waals surface area (Å²) in [5.41, 5.74) is 0. The average molecular weight is 526 g/mol. The first-order chi connectivity index (χ1) is 17.5. The maximum atomic E-state index is 11.4. The van der Waals surface area contributed by atoms with E-state index >= 15 is 0 Å². The molecule has 0 saturated carbocycles. The van der Waals surface area contributed by atoms with Gasteiger partial charge in [0.1, 0.15) is 0 Å². The first-order valence-electron chi connectivity index (χ1n) is 13.0. The first-order valence-corrected chi connectivity index (χ1v) is 13.0. The quantitative estimate of drug-likeness (QED) is 0.144. The predicted molar refractivity (Wildman–Crippen MR) is 135 cm³/mol. The fourth-order valence-electron chi connectivity index (χ4n) is 2.43. The second-order valence-electron chi connectivity index (χ2n) is 8.26. The lowest BCUT2D eigenvalue weighted by Gasteiger charge is -2.09. The Kier molecular flexibility index (Phi) is 28.0. The highest BCUT2D eigenvalue weighted by atomic mass is 16.6. The fourth-order valence-corrected chi connectivity index (χ4v) is 2.43. The number of ether oxygens (including phenoxy) is 9. The molecule has 36 heavy (non-hydrogen) atoms. The van der Waals surface area contributed by atoms with Gasteiger partial charge in [-0.15, -0.1) is 0 Å². The van der Waals surface area contributed by atoms with Crippen LogP contribution >= 0.6 is 0 Å². The molecule has 0 aromatic rings. The topological polar surface area (TPSA) is 112 Å². The minimum absolute atomic E-state index is 0.00791. The van der Waals surface area contributed by atoms with Crippen molar-refractivity contribution in [2.45, 2.75) is 33.8 Å². The van der Waals surface area contributed by atoms with E-state index in [4.69, 9.17) is 42.6 Å². The summed E-state index contributed by atoms with van der Waals surface area (Å²) in [5.74, 6) is 0.0272. The van der Waals surface area contributed by atoms with Crippen LogP contribution in [0.1, 0.15) is 27.7 Å². The van der Waals surface area contributed by atoms with Gasteiger partial charge in [-0.25, -0.2) is 0 Å². The van der Waals surface area contributed by atoms with Crippen LogP contribution in [0.2, 0.25) is 0 Å². The number of nitrogens with one attached hydrogen (secondary N) is 1. The van der Waals surface area contributed by atoms with E-state index < -0.39 is 0 Å². The lowest BCUT2D eigenvalue weighted by Crippen LogP contribution is -2.31. The summed E-state index contributed by atoms with van der Waals surface area (Å²) in [6, 6.07) is 0. The minimum atomic E-state index is -0.00791. The normalized spacial score (nSPS) is 11.6. The molecule has 0 aliphatic heterocycles. The van der Waals surface area contributed by atoms with Crippen LogP contribution in [-0.2, 0) is 47.4 Å². The van der Waals surface area contributed by atoms with Crippen molar-refractivity contribution in [2.24, 2.45) is 5.92 Å². The Balaban J connectivity index is 3.06. The number of carbonyl (C=O) groups excluding carboxylic acids is 1. The summed E-state index contributed by atoms with van der Waals surface area (Å²) in [6.45, 7) is 17.2. The standard InChI is InChI=1S/C25H51NO10/c1-23(2)25(27)26-5-6-28-7-8-29-9-10-30-11-12-31-13-14-32-15-16-33-17-18-34-19-20-35-21-22-36-24(3)4/h23-24H,5-22H2,1-4H3,(H,26,27). The number of amides is 1. The van der Waals surface area contributed by atoms with Crippen LogP contribution in [0.4, 0.5) is 0 Å². The van der Waals surface area contributed by atoms with E-state index in [9.17, 15) is 4.79 Å². The molecule has 1 amide bonds. The highest BCUT2D eigenvalue weighted by Crippen LogP contribution is 1.90. The summed E-state index contributed by atoms with van der Waals surface area (Å²) >= 11 is 0. The number of hydrogen-bond donors (Lipinski definition) is 1. The van der Waals surface area contributed by atoms with Crippen molar-refractivity contribution in [3.63, 3.8) is 0 Å². The maximum absolute atomic E-state index is 11.4. The van der Waals surface area contributed by atoms with Crippen molar-refractivity contribution in [3.8, 4) is 0 Å². The molecule has 1 N–H and O–H groups in total. The molecule has 0 bridgehead atoms. The van der Waals surface area contributed by atoms with Crippen LogP contribution in [0.5, 0.6) is 0 Å². The highest BCUT2D eigenvalue weighted by Gasteiger charge is 2.04. The third-order valence-corrected chi connectivity index (χ3v) is 4.35. The fraction of sp³-hybridized carbons (Fsp3) is 0.960. The molecule has 0 radical (unpaired) electrons. The van der Waals surface area contributed by atoms with Crippen molar-refractivity contribution in [2.75, 3.05) is 119 Å². The van der Waals surface area contributed by atoms with Crippen molar-refractivity contribution in [1.29, 1.82) is 0 Å². The maximum Gasteiger partial charge on any atom is 0.222 e. The van der Waals surface area contributed by atoms with Gasteiger partial charge in [0, 0.05) is 12.5 Å². The third kappa shape index (κ3) is 29.3. The Hall–Kier alpha value is -0.890. The molecule has 0 aromatic heterocycles. The summed E-state index contributed by atoms with van der Waals surface area (Å²) in [7, 11) is 0. The molecule has 11 heteroatoms. The van der Waals surface area contributed by atoms with Gasteiger partial charge >= 0.3 is 0 Å². The Morgan fingerprint density at radius 3 is 1.03 bits per heavy atom. The van der Waals surface area contributed by atoms with Crippen molar-refractivity contribution in [3.05, 3.63) is 0 Å². The molecule has 0 unspecified atom stereocenters. The summed E-state index contributed by atoms with van der Waals surface area (Å²) in [4.78, 5) is 11.4. The first kappa shape index (κ1) is 35.1. The third-order valence-electron chi connectivity index (χ3n) is 4.35. The van der Waals surface area contributed by atoms with Crippen LogP contribution in [0.25, 0.3) is 0 Å². The van der Waals surface area contributed by atoms with E-state index in [2.05, 4.69) is 5.32 Å². The van der Waals surface area contributed by atoms with Crippen molar-refractivity contribution < 1.29 is 47.4 Å². The number of hydrogen-bond acceptors (Lipinski definition) is 10. The molecule has 0 aliphatic rings. The zero-order valence-electron chi connectivity index (χ0n) is 23.0. The largest absolute Gasteiger partial charge is 0.377 e. The van der Waals surface area contributed by atoms with Gasteiger partial charge < -0.3 is 47.9 Å². The molecular formula is C25H51NO10. The molecule has 0 aromatic carbocycles. The highest BCUT2D eigenvalue weighted by molar-refractivity contribution is 5.77. The van der Waals surface area contributed by atoms with Crippen LogP contribution in [0.15, 0.2) is 0 Å². The molecule has 0 saturated heterocycles. The van der Waals surface area contributed by atoms with E-state index in [0.29, 0.717) is 119 Å². The molecule has 0 rings (SSSR count). The predicted octanol–water partition coefficient (Wildman–Crippen LogP) is 1.32. The molecule has 11 nitrogen and oxygen atoms in total. The molecular weight excluding hydrogens is 474 g/mol. The molecule has 0 atom stereocenters. The number of carbonyl (C=O) groups is 1. The van der Waals surface area contributed by atoms with Crippen LogP contribution in [0, 0.1) is 5.92 Å². The van der Waals surface area contributed by atoms with Crippen molar-refractivity contribution >= 4 is 5.91 Å². The minimum Gasteiger partial charge on any atom is -0.377 e. The molecule has 0 fully saturated rings. The van der Waals surface area contributed by atoms with E-state index in [1.165, 1.54) is 0 Å². The van der Waals surface area contributed by atoms with Gasteiger partial charge in [0.05, 0.1) is 118 Å². The second-order valence-corrected chi connectivity index (χ2v) is 8.26. The van der Waals surface area contributed by atoms with Gasteiger partial charge in [-0.2, -0.15) is 0 Å². The Morgan fingerprint density at radius 1 is 0.472 bits per heavy atom. The average Bonchev–Trinajstić information content (AvgIpc) is 2.85. The molecule has 0 heterocycles. The zero-order chi connectivity index (χ0) is 26.5. The SMILES string of the molecule is CC(C)OCCOCCOCCOCCOCCOCCOCCOCCOCCNC(=O)C(C)C. The van der Waals surface area contributed by atoms with Gasteiger partial charge in [0.15, 0.2) is 0 Å². The van der Waals surface area contributed by atoms with Crippen LogP contribution < -0.4 is 5.32 Å². The molecule has 0 spiro atoms. The Bertz CT molecular complexity index is 455. The van der Waals surface area contributed by atoms with Crippen LogP contribution in [0.3, 0.4) is 0 Å².